The minimum absolute atomic E-state index is 0.153. The van der Waals surface area contributed by atoms with Crippen molar-refractivity contribution in [1.82, 2.24) is 10.6 Å². The third kappa shape index (κ3) is 7.04. The lowest BCUT2D eigenvalue weighted by atomic mass is 9.96. The topological polar surface area (TPSA) is 50.4 Å². The summed E-state index contributed by atoms with van der Waals surface area (Å²) in [5.74, 6) is 1.78. The van der Waals surface area contributed by atoms with Crippen molar-refractivity contribution in [2.45, 2.75) is 45.4 Å². The molecule has 128 valence electrons. The van der Waals surface area contributed by atoms with Crippen molar-refractivity contribution < 1.29 is 9.53 Å². The molecule has 1 aliphatic heterocycles. The van der Waals surface area contributed by atoms with Gasteiger partial charge in [-0.3, -0.25) is 4.79 Å². The monoisotopic (exact) mass is 318 g/mol. The van der Waals surface area contributed by atoms with Crippen LogP contribution >= 0.6 is 0 Å². The maximum atomic E-state index is 11.9. The number of aryl methyl sites for hydroxylation is 1. The number of amides is 1. The molecule has 1 atom stereocenters. The molecule has 2 rings (SSSR count). The van der Waals surface area contributed by atoms with Gasteiger partial charge in [0.25, 0.3) is 0 Å². The van der Waals surface area contributed by atoms with Gasteiger partial charge in [0, 0.05) is 13.0 Å². The first-order valence-electron chi connectivity index (χ1n) is 8.97. The van der Waals surface area contributed by atoms with Gasteiger partial charge in [0.15, 0.2) is 0 Å². The van der Waals surface area contributed by atoms with Crippen LogP contribution in [0.1, 0.15) is 44.6 Å². The summed E-state index contributed by atoms with van der Waals surface area (Å²) < 4.78 is 5.56. The van der Waals surface area contributed by atoms with E-state index in [9.17, 15) is 4.79 Å². The van der Waals surface area contributed by atoms with Crippen molar-refractivity contribution in [2.24, 2.45) is 5.92 Å². The molecule has 1 aliphatic rings. The highest BCUT2D eigenvalue weighted by Crippen LogP contribution is 2.14. The molecule has 0 saturated carbocycles. The van der Waals surface area contributed by atoms with E-state index in [1.807, 2.05) is 24.3 Å². The fraction of sp³-hybridized carbons (Fsp3) is 0.632. The summed E-state index contributed by atoms with van der Waals surface area (Å²) in [6.07, 6.45) is 5.98. The molecule has 0 bridgehead atoms. The van der Waals surface area contributed by atoms with Gasteiger partial charge in [-0.05, 0) is 68.8 Å². The van der Waals surface area contributed by atoms with Crippen LogP contribution in [0.5, 0.6) is 5.75 Å². The van der Waals surface area contributed by atoms with E-state index in [1.165, 1.54) is 18.4 Å². The van der Waals surface area contributed by atoms with Crippen LogP contribution < -0.4 is 15.4 Å². The van der Waals surface area contributed by atoms with Crippen molar-refractivity contribution in [2.75, 3.05) is 26.2 Å². The molecular formula is C19H30N2O2. The molecule has 23 heavy (non-hydrogen) atoms. The molecule has 0 aliphatic carbocycles. The molecule has 1 amide bonds. The number of benzene rings is 1. The lowest BCUT2D eigenvalue weighted by Gasteiger charge is -2.22. The van der Waals surface area contributed by atoms with Crippen LogP contribution in [0.2, 0.25) is 0 Å². The Labute approximate surface area is 140 Å². The van der Waals surface area contributed by atoms with E-state index >= 15 is 0 Å². The average molecular weight is 318 g/mol. The molecule has 1 fully saturated rings. The van der Waals surface area contributed by atoms with E-state index in [1.54, 1.807) is 0 Å². The fourth-order valence-corrected chi connectivity index (χ4v) is 2.90. The Morgan fingerprint density at radius 3 is 2.87 bits per heavy atom. The number of hydrogen-bond acceptors (Lipinski definition) is 3. The first-order chi connectivity index (χ1) is 11.3. The predicted octanol–water partition coefficient (Wildman–Crippen LogP) is 2.91. The summed E-state index contributed by atoms with van der Waals surface area (Å²) in [4.78, 5) is 11.9. The summed E-state index contributed by atoms with van der Waals surface area (Å²) in [5.41, 5.74) is 1.18. The van der Waals surface area contributed by atoms with E-state index < -0.39 is 0 Å². The second-order valence-electron chi connectivity index (χ2n) is 6.34. The van der Waals surface area contributed by atoms with E-state index in [0.717, 1.165) is 57.2 Å². The van der Waals surface area contributed by atoms with Gasteiger partial charge < -0.3 is 15.4 Å². The zero-order valence-corrected chi connectivity index (χ0v) is 14.3. The second kappa shape index (κ2) is 10.3. The van der Waals surface area contributed by atoms with Crippen LogP contribution in [0.25, 0.3) is 0 Å². The van der Waals surface area contributed by atoms with Crippen LogP contribution in [0.4, 0.5) is 0 Å². The highest BCUT2D eigenvalue weighted by atomic mass is 16.5. The summed E-state index contributed by atoms with van der Waals surface area (Å²) in [6, 6.07) is 8.07. The van der Waals surface area contributed by atoms with E-state index in [2.05, 4.69) is 17.6 Å². The van der Waals surface area contributed by atoms with Crippen LogP contribution in [0, 0.1) is 5.92 Å². The number of carbonyl (C=O) groups excluding carboxylic acids is 1. The number of nitrogens with one attached hydrogen (secondary N) is 2. The Morgan fingerprint density at radius 1 is 1.35 bits per heavy atom. The number of rotatable bonds is 9. The van der Waals surface area contributed by atoms with Crippen LogP contribution in [0.15, 0.2) is 24.3 Å². The number of hydrogen-bond donors (Lipinski definition) is 2. The minimum Gasteiger partial charge on any atom is -0.494 e. The van der Waals surface area contributed by atoms with Crippen molar-refractivity contribution in [1.29, 1.82) is 0 Å². The number of ether oxygens (including phenoxy) is 1. The maximum Gasteiger partial charge on any atom is 0.220 e. The summed E-state index contributed by atoms with van der Waals surface area (Å²) in [7, 11) is 0. The molecule has 0 spiro atoms. The van der Waals surface area contributed by atoms with Crippen molar-refractivity contribution in [3.8, 4) is 5.75 Å². The largest absolute Gasteiger partial charge is 0.494 e. The summed E-state index contributed by atoms with van der Waals surface area (Å²) in [5, 5.41) is 6.46. The third-order valence-electron chi connectivity index (χ3n) is 4.31. The zero-order chi connectivity index (χ0) is 16.3. The summed E-state index contributed by atoms with van der Waals surface area (Å²) in [6.45, 7) is 5.89. The number of piperidine rings is 1. The lowest BCUT2D eigenvalue weighted by Crippen LogP contribution is -2.33. The molecule has 1 aromatic rings. The lowest BCUT2D eigenvalue weighted by molar-refractivity contribution is -0.121. The van der Waals surface area contributed by atoms with E-state index in [-0.39, 0.29) is 5.91 Å². The van der Waals surface area contributed by atoms with Gasteiger partial charge in [0.05, 0.1) is 6.61 Å². The molecule has 1 aromatic carbocycles. The van der Waals surface area contributed by atoms with Gasteiger partial charge in [-0.25, -0.2) is 0 Å². The highest BCUT2D eigenvalue weighted by molar-refractivity contribution is 5.76. The van der Waals surface area contributed by atoms with Crippen LogP contribution in [-0.2, 0) is 11.2 Å². The fourth-order valence-electron chi connectivity index (χ4n) is 2.90. The van der Waals surface area contributed by atoms with E-state index in [4.69, 9.17) is 4.74 Å². The van der Waals surface area contributed by atoms with Gasteiger partial charge in [-0.1, -0.05) is 19.1 Å². The van der Waals surface area contributed by atoms with E-state index in [0.29, 0.717) is 6.42 Å². The average Bonchev–Trinajstić information content (AvgIpc) is 2.60. The Bertz CT molecular complexity index is 453. The SMILES string of the molecule is CCCOc1ccc(CCC(=O)NCCC2CCCNC2)cc1. The van der Waals surface area contributed by atoms with Crippen molar-refractivity contribution >= 4 is 5.91 Å². The van der Waals surface area contributed by atoms with Gasteiger partial charge in [-0.2, -0.15) is 0 Å². The zero-order valence-electron chi connectivity index (χ0n) is 14.3. The smallest absolute Gasteiger partial charge is 0.220 e. The van der Waals surface area contributed by atoms with Gasteiger partial charge >= 0.3 is 0 Å². The molecule has 4 nitrogen and oxygen atoms in total. The molecule has 2 N–H and O–H groups in total. The van der Waals surface area contributed by atoms with Gasteiger partial charge in [-0.15, -0.1) is 0 Å². The summed E-state index contributed by atoms with van der Waals surface area (Å²) >= 11 is 0. The predicted molar refractivity (Wildman–Crippen MR) is 93.8 cm³/mol. The molecule has 1 unspecified atom stereocenters. The molecule has 0 aromatic heterocycles. The number of carbonyl (C=O) groups is 1. The standard InChI is InChI=1S/C19H30N2O2/c1-2-14-23-18-8-5-16(6-9-18)7-10-19(22)21-13-11-17-4-3-12-20-15-17/h5-6,8-9,17,20H,2-4,7,10-15H2,1H3,(H,21,22). The Morgan fingerprint density at radius 2 is 2.17 bits per heavy atom. The van der Waals surface area contributed by atoms with Crippen LogP contribution in [-0.4, -0.2) is 32.1 Å². The highest BCUT2D eigenvalue weighted by Gasteiger charge is 2.12. The molecule has 4 heteroatoms. The van der Waals surface area contributed by atoms with Gasteiger partial charge in [0.2, 0.25) is 5.91 Å². The van der Waals surface area contributed by atoms with Crippen molar-refractivity contribution in [3.05, 3.63) is 29.8 Å². The Hall–Kier alpha value is -1.55. The maximum absolute atomic E-state index is 11.9. The Balaban J connectivity index is 1.59. The molecule has 1 saturated heterocycles. The van der Waals surface area contributed by atoms with Gasteiger partial charge in [0.1, 0.15) is 5.75 Å². The minimum atomic E-state index is 0.153. The van der Waals surface area contributed by atoms with Crippen LogP contribution in [0.3, 0.4) is 0 Å². The van der Waals surface area contributed by atoms with Crippen molar-refractivity contribution in [3.63, 3.8) is 0 Å². The Kier molecular flexibility index (Phi) is 7.95. The second-order valence-corrected chi connectivity index (χ2v) is 6.34. The first-order valence-corrected chi connectivity index (χ1v) is 8.97. The molecule has 0 radical (unpaired) electrons. The quantitative estimate of drug-likeness (QED) is 0.736. The molecule has 1 heterocycles. The normalized spacial score (nSPS) is 17.7. The third-order valence-corrected chi connectivity index (χ3v) is 4.31. The molecular weight excluding hydrogens is 288 g/mol. The first kappa shape index (κ1) is 17.8.